The molecule has 104 valence electrons. The zero-order valence-corrected chi connectivity index (χ0v) is 12.1. The molecular formula is C18H20O2. The summed E-state index contributed by atoms with van der Waals surface area (Å²) < 4.78 is 6.02. The van der Waals surface area contributed by atoms with Crippen molar-refractivity contribution in [2.45, 2.75) is 39.5 Å². The minimum Gasteiger partial charge on any atom is -0.507 e. The smallest absolute Gasteiger partial charge is 0.142 e. The minimum atomic E-state index is 0.341. The van der Waals surface area contributed by atoms with Crippen molar-refractivity contribution in [3.05, 3.63) is 41.5 Å². The summed E-state index contributed by atoms with van der Waals surface area (Å²) in [6.45, 7) is 4.33. The van der Waals surface area contributed by atoms with Crippen LogP contribution in [0.5, 0.6) is 5.75 Å². The summed E-state index contributed by atoms with van der Waals surface area (Å²) in [5.41, 5.74) is 4.17. The van der Waals surface area contributed by atoms with Gasteiger partial charge in [0.2, 0.25) is 0 Å². The molecule has 2 nitrogen and oxygen atoms in total. The zero-order chi connectivity index (χ0) is 14.1. The Hall–Kier alpha value is -1.96. The van der Waals surface area contributed by atoms with Crippen LogP contribution in [0.4, 0.5) is 0 Å². The number of phenolic OH excluding ortho intramolecular Hbond substituents is 1. The first-order valence-electron chi connectivity index (χ1n) is 7.41. The van der Waals surface area contributed by atoms with Gasteiger partial charge in [0, 0.05) is 5.39 Å². The first-order chi connectivity index (χ1) is 9.76. The largest absolute Gasteiger partial charge is 0.507 e. The number of furan rings is 1. The highest BCUT2D eigenvalue weighted by molar-refractivity contribution is 6.09. The van der Waals surface area contributed by atoms with E-state index in [2.05, 4.69) is 13.8 Å². The number of hydrogen-bond donors (Lipinski definition) is 1. The molecule has 0 atom stereocenters. The molecule has 0 radical (unpaired) electrons. The van der Waals surface area contributed by atoms with Crippen LogP contribution in [-0.2, 0) is 12.8 Å². The Bertz CT molecular complexity index is 753. The molecule has 0 bridgehead atoms. The number of fused-ring (bicyclic) bond motifs is 3. The highest BCUT2D eigenvalue weighted by Crippen LogP contribution is 2.39. The average molecular weight is 268 g/mol. The average Bonchev–Trinajstić information content (AvgIpc) is 2.84. The van der Waals surface area contributed by atoms with E-state index in [9.17, 15) is 5.11 Å². The van der Waals surface area contributed by atoms with E-state index in [4.69, 9.17) is 4.42 Å². The summed E-state index contributed by atoms with van der Waals surface area (Å²) >= 11 is 0. The minimum absolute atomic E-state index is 0.341. The highest BCUT2D eigenvalue weighted by atomic mass is 16.3. The molecule has 0 aliphatic carbocycles. The van der Waals surface area contributed by atoms with Gasteiger partial charge >= 0.3 is 0 Å². The van der Waals surface area contributed by atoms with E-state index in [0.29, 0.717) is 5.75 Å². The highest BCUT2D eigenvalue weighted by Gasteiger charge is 2.17. The monoisotopic (exact) mass is 268 g/mol. The van der Waals surface area contributed by atoms with Crippen molar-refractivity contribution in [3.8, 4) is 5.75 Å². The third-order valence-electron chi connectivity index (χ3n) is 3.98. The second-order valence-electron chi connectivity index (χ2n) is 5.29. The number of rotatable bonds is 4. The van der Waals surface area contributed by atoms with Crippen LogP contribution in [0.3, 0.4) is 0 Å². The van der Waals surface area contributed by atoms with Crippen LogP contribution >= 0.6 is 0 Å². The number of benzene rings is 2. The van der Waals surface area contributed by atoms with Gasteiger partial charge in [-0.2, -0.15) is 0 Å². The van der Waals surface area contributed by atoms with Gasteiger partial charge in [0.1, 0.15) is 16.9 Å². The van der Waals surface area contributed by atoms with Gasteiger partial charge in [0.15, 0.2) is 0 Å². The molecule has 0 spiro atoms. The summed E-state index contributed by atoms with van der Waals surface area (Å²) in [7, 11) is 0. The maximum absolute atomic E-state index is 10.4. The second-order valence-corrected chi connectivity index (χ2v) is 5.29. The molecule has 1 heterocycles. The Morgan fingerprint density at radius 3 is 2.70 bits per heavy atom. The molecule has 20 heavy (non-hydrogen) atoms. The molecule has 0 amide bonds. The van der Waals surface area contributed by atoms with Gasteiger partial charge < -0.3 is 9.52 Å². The molecule has 0 unspecified atom stereocenters. The lowest BCUT2D eigenvalue weighted by atomic mass is 9.96. The van der Waals surface area contributed by atoms with Gasteiger partial charge in [-0.15, -0.1) is 0 Å². The van der Waals surface area contributed by atoms with Crippen molar-refractivity contribution in [1.29, 1.82) is 0 Å². The van der Waals surface area contributed by atoms with Gasteiger partial charge in [-0.25, -0.2) is 0 Å². The third-order valence-corrected chi connectivity index (χ3v) is 3.98. The van der Waals surface area contributed by atoms with E-state index >= 15 is 0 Å². The summed E-state index contributed by atoms with van der Waals surface area (Å²) in [4.78, 5) is 0. The maximum atomic E-state index is 10.4. The molecule has 0 saturated carbocycles. The molecule has 3 aromatic rings. The SMILES string of the molecule is CCCCc1cc(O)c2c(oc3ccccc32)c1CC. The maximum Gasteiger partial charge on any atom is 0.142 e. The summed E-state index contributed by atoms with van der Waals surface area (Å²) in [5.74, 6) is 0.341. The Kier molecular flexibility index (Phi) is 3.39. The summed E-state index contributed by atoms with van der Waals surface area (Å²) in [6, 6.07) is 9.84. The fraction of sp³-hybridized carbons (Fsp3) is 0.333. The Labute approximate surface area is 119 Å². The zero-order valence-electron chi connectivity index (χ0n) is 12.1. The van der Waals surface area contributed by atoms with Crippen LogP contribution in [0, 0.1) is 0 Å². The summed E-state index contributed by atoms with van der Waals surface area (Å²) in [5, 5.41) is 12.3. The molecule has 3 rings (SSSR count). The predicted molar refractivity (Wildman–Crippen MR) is 83.4 cm³/mol. The normalized spacial score (nSPS) is 11.5. The Morgan fingerprint density at radius 1 is 1.15 bits per heavy atom. The van der Waals surface area contributed by atoms with E-state index in [1.807, 2.05) is 30.3 Å². The van der Waals surface area contributed by atoms with Crippen molar-refractivity contribution < 1.29 is 9.52 Å². The van der Waals surface area contributed by atoms with Crippen molar-refractivity contribution >= 4 is 21.9 Å². The van der Waals surface area contributed by atoms with E-state index in [0.717, 1.165) is 47.6 Å². The fourth-order valence-corrected chi connectivity index (χ4v) is 2.96. The standard InChI is InChI=1S/C18H20O2/c1-3-5-8-12-11-15(19)17-14-9-6-7-10-16(14)20-18(17)13(12)4-2/h6-7,9-11,19H,3-5,8H2,1-2H3. The van der Waals surface area contributed by atoms with Crippen molar-refractivity contribution in [3.63, 3.8) is 0 Å². The molecule has 0 saturated heterocycles. The van der Waals surface area contributed by atoms with Gasteiger partial charge in [-0.3, -0.25) is 0 Å². The lowest BCUT2D eigenvalue weighted by Crippen LogP contribution is -1.94. The molecular weight excluding hydrogens is 248 g/mol. The van der Waals surface area contributed by atoms with Crippen LogP contribution in [0.25, 0.3) is 21.9 Å². The lowest BCUT2D eigenvalue weighted by molar-refractivity contribution is 0.480. The number of aromatic hydroxyl groups is 1. The molecule has 0 aliphatic rings. The molecule has 2 aromatic carbocycles. The van der Waals surface area contributed by atoms with E-state index in [1.54, 1.807) is 0 Å². The quantitative estimate of drug-likeness (QED) is 0.705. The van der Waals surface area contributed by atoms with Crippen LogP contribution in [-0.4, -0.2) is 5.11 Å². The number of unbranched alkanes of at least 4 members (excludes halogenated alkanes) is 1. The van der Waals surface area contributed by atoms with Gasteiger partial charge in [0.25, 0.3) is 0 Å². The van der Waals surface area contributed by atoms with Crippen LogP contribution in [0.15, 0.2) is 34.7 Å². The van der Waals surface area contributed by atoms with Crippen LogP contribution in [0.2, 0.25) is 0 Å². The van der Waals surface area contributed by atoms with Crippen molar-refractivity contribution in [2.75, 3.05) is 0 Å². The molecule has 1 N–H and O–H groups in total. The van der Waals surface area contributed by atoms with Crippen molar-refractivity contribution in [1.82, 2.24) is 0 Å². The number of phenols is 1. The second kappa shape index (κ2) is 5.20. The molecule has 2 heteroatoms. The first kappa shape index (κ1) is 13.0. The van der Waals surface area contributed by atoms with Gasteiger partial charge in [0.05, 0.1) is 5.39 Å². The van der Waals surface area contributed by atoms with Gasteiger partial charge in [-0.1, -0.05) is 38.5 Å². The lowest BCUT2D eigenvalue weighted by Gasteiger charge is -2.09. The molecule has 1 aromatic heterocycles. The van der Waals surface area contributed by atoms with E-state index < -0.39 is 0 Å². The predicted octanol–water partition coefficient (Wildman–Crippen LogP) is 5.20. The third kappa shape index (κ3) is 1.96. The van der Waals surface area contributed by atoms with Crippen LogP contribution < -0.4 is 0 Å². The molecule has 0 fully saturated rings. The van der Waals surface area contributed by atoms with Gasteiger partial charge in [-0.05, 0) is 42.5 Å². The number of aryl methyl sites for hydroxylation is 2. The number of hydrogen-bond acceptors (Lipinski definition) is 2. The first-order valence-corrected chi connectivity index (χ1v) is 7.41. The van der Waals surface area contributed by atoms with Crippen LogP contribution in [0.1, 0.15) is 37.8 Å². The molecule has 0 aliphatic heterocycles. The summed E-state index contributed by atoms with van der Waals surface area (Å²) in [6.07, 6.45) is 4.22. The van der Waals surface area contributed by atoms with Crippen molar-refractivity contribution in [2.24, 2.45) is 0 Å². The number of para-hydroxylation sites is 1. The van der Waals surface area contributed by atoms with E-state index in [1.165, 1.54) is 11.1 Å². The topological polar surface area (TPSA) is 33.4 Å². The fourth-order valence-electron chi connectivity index (χ4n) is 2.96. The Balaban J connectivity index is 2.32. The van der Waals surface area contributed by atoms with E-state index in [-0.39, 0.29) is 0 Å². The Morgan fingerprint density at radius 2 is 1.95 bits per heavy atom.